The molecule has 0 radical (unpaired) electrons. The van der Waals surface area contributed by atoms with Gasteiger partial charge in [-0.25, -0.2) is 4.79 Å². The summed E-state index contributed by atoms with van der Waals surface area (Å²) >= 11 is 0. The minimum absolute atomic E-state index is 0.112. The molecule has 0 N–H and O–H groups in total. The lowest BCUT2D eigenvalue weighted by Crippen LogP contribution is -2.45. The van der Waals surface area contributed by atoms with E-state index < -0.39 is 26.2 Å². The summed E-state index contributed by atoms with van der Waals surface area (Å²) in [5, 5.41) is 0.521. The van der Waals surface area contributed by atoms with E-state index in [1.165, 1.54) is 12.1 Å². The first-order valence-corrected chi connectivity index (χ1v) is 17.4. The van der Waals surface area contributed by atoms with Crippen LogP contribution in [0, 0.1) is 0 Å². The lowest BCUT2D eigenvalue weighted by molar-refractivity contribution is -0.137. The lowest BCUT2D eigenvalue weighted by atomic mass is 9.95. The first-order valence-electron chi connectivity index (χ1n) is 15.5. The molecule has 3 aromatic rings. The molecule has 0 saturated carbocycles. The van der Waals surface area contributed by atoms with Crippen molar-refractivity contribution in [3.8, 4) is 16.9 Å². The number of benzene rings is 2. The molecule has 43 heavy (non-hydrogen) atoms. The number of halogens is 3. The van der Waals surface area contributed by atoms with Crippen LogP contribution in [-0.2, 0) is 25.9 Å². The van der Waals surface area contributed by atoms with Gasteiger partial charge in [-0.2, -0.15) is 13.2 Å². The van der Waals surface area contributed by atoms with Crippen LogP contribution in [0.5, 0.6) is 5.75 Å². The molecule has 2 aromatic carbocycles. The second kappa shape index (κ2) is 17.0. The SMILES string of the molecule is CCCCCc1ccc(-c2cc3ccc(OCCCCCC[Si](OCC)(OCC)OCC)cc3oc2=O)c(C(F)(F)F)c1. The Morgan fingerprint density at radius 2 is 1.47 bits per heavy atom. The van der Waals surface area contributed by atoms with Gasteiger partial charge in [-0.1, -0.05) is 44.7 Å². The van der Waals surface area contributed by atoms with E-state index in [-0.39, 0.29) is 16.7 Å². The minimum atomic E-state index is -4.60. The summed E-state index contributed by atoms with van der Waals surface area (Å²) in [5.41, 5.74) is -1.06. The largest absolute Gasteiger partial charge is 0.500 e. The zero-order valence-electron chi connectivity index (χ0n) is 25.8. The molecule has 0 bridgehead atoms. The molecule has 0 spiro atoms. The van der Waals surface area contributed by atoms with Gasteiger partial charge in [0, 0.05) is 42.9 Å². The normalized spacial score (nSPS) is 12.3. The van der Waals surface area contributed by atoms with Crippen LogP contribution in [0.15, 0.2) is 51.7 Å². The van der Waals surface area contributed by atoms with Crippen molar-refractivity contribution in [2.24, 2.45) is 0 Å². The summed E-state index contributed by atoms with van der Waals surface area (Å²) in [4.78, 5) is 12.9. The van der Waals surface area contributed by atoms with Crippen molar-refractivity contribution in [2.75, 3.05) is 26.4 Å². The number of unbranched alkanes of at least 4 members (excludes halogenated alkanes) is 5. The second-order valence-corrected chi connectivity index (χ2v) is 13.2. The average molecular weight is 623 g/mol. The van der Waals surface area contributed by atoms with Crippen LogP contribution in [0.2, 0.25) is 6.04 Å². The standard InChI is InChI=1S/C33H45F3O6Si/c1-5-9-12-15-25-16-19-28(30(22-25)33(34,35)36)29-23-26-17-18-27(24-31(26)42-32(29)37)38-20-13-10-11-14-21-43(39-6-2,40-7-3)41-8-4/h16-19,22-24H,5-15,20-21H2,1-4H3. The topological polar surface area (TPSA) is 67.1 Å². The third-order valence-corrected chi connectivity index (χ3v) is 10.3. The maximum Gasteiger partial charge on any atom is 0.500 e. The van der Waals surface area contributed by atoms with E-state index in [9.17, 15) is 18.0 Å². The van der Waals surface area contributed by atoms with E-state index in [0.717, 1.165) is 57.1 Å². The predicted octanol–water partition coefficient (Wildman–Crippen LogP) is 9.20. The number of ether oxygens (including phenoxy) is 1. The summed E-state index contributed by atoms with van der Waals surface area (Å²) < 4.78 is 71.1. The third-order valence-electron chi connectivity index (χ3n) is 7.19. The van der Waals surface area contributed by atoms with E-state index in [1.54, 1.807) is 24.3 Å². The van der Waals surface area contributed by atoms with Crippen molar-refractivity contribution >= 4 is 19.8 Å². The average Bonchev–Trinajstić information content (AvgIpc) is 2.96. The van der Waals surface area contributed by atoms with Crippen LogP contribution in [0.25, 0.3) is 22.1 Å². The van der Waals surface area contributed by atoms with Crippen molar-refractivity contribution in [3.05, 3.63) is 64.0 Å². The van der Waals surface area contributed by atoms with Gasteiger partial charge in [0.2, 0.25) is 0 Å². The van der Waals surface area contributed by atoms with Crippen LogP contribution in [0.3, 0.4) is 0 Å². The first kappa shape index (κ1) is 34.8. The van der Waals surface area contributed by atoms with E-state index in [0.29, 0.717) is 49.5 Å². The maximum absolute atomic E-state index is 14.0. The molecule has 1 heterocycles. The number of fused-ring (bicyclic) bond motifs is 1. The summed E-state index contributed by atoms with van der Waals surface area (Å²) in [6, 6.07) is 11.5. The molecule has 0 aliphatic rings. The van der Waals surface area contributed by atoms with Crippen molar-refractivity contribution in [3.63, 3.8) is 0 Å². The fourth-order valence-electron chi connectivity index (χ4n) is 5.15. The highest BCUT2D eigenvalue weighted by atomic mass is 28.4. The van der Waals surface area contributed by atoms with Gasteiger partial charge in [0.05, 0.1) is 17.7 Å². The van der Waals surface area contributed by atoms with Crippen LogP contribution in [0.1, 0.15) is 83.8 Å². The molecule has 6 nitrogen and oxygen atoms in total. The Labute approximate surface area is 253 Å². The number of rotatable bonds is 19. The summed E-state index contributed by atoms with van der Waals surface area (Å²) in [7, 11) is -2.62. The molecule has 3 rings (SSSR count). The fourth-order valence-corrected chi connectivity index (χ4v) is 7.84. The molecule has 0 unspecified atom stereocenters. The molecule has 0 aliphatic carbocycles. The second-order valence-electron chi connectivity index (χ2n) is 10.5. The van der Waals surface area contributed by atoms with E-state index in [4.69, 9.17) is 22.4 Å². The molecule has 0 fully saturated rings. The Morgan fingerprint density at radius 1 is 0.767 bits per heavy atom. The van der Waals surface area contributed by atoms with Gasteiger partial charge >= 0.3 is 20.6 Å². The van der Waals surface area contributed by atoms with E-state index >= 15 is 0 Å². The molecule has 0 aliphatic heterocycles. The Balaban J connectivity index is 1.62. The number of alkyl halides is 3. The van der Waals surface area contributed by atoms with Gasteiger partial charge in [-0.15, -0.1) is 0 Å². The predicted molar refractivity (Wildman–Crippen MR) is 166 cm³/mol. The van der Waals surface area contributed by atoms with Crippen molar-refractivity contribution in [2.45, 2.75) is 91.3 Å². The molecule has 0 saturated heterocycles. The van der Waals surface area contributed by atoms with Crippen molar-refractivity contribution in [1.29, 1.82) is 0 Å². The molecule has 1 aromatic heterocycles. The molecule has 10 heteroatoms. The van der Waals surface area contributed by atoms with Crippen LogP contribution >= 0.6 is 0 Å². The van der Waals surface area contributed by atoms with Gasteiger partial charge in [-0.05, 0) is 76.3 Å². The van der Waals surface area contributed by atoms with E-state index in [2.05, 4.69) is 0 Å². The number of hydrogen-bond donors (Lipinski definition) is 0. The quantitative estimate of drug-likeness (QED) is 0.0754. The van der Waals surface area contributed by atoms with Crippen LogP contribution in [0.4, 0.5) is 13.2 Å². The van der Waals surface area contributed by atoms with Gasteiger partial charge in [0.25, 0.3) is 0 Å². The van der Waals surface area contributed by atoms with Gasteiger partial charge in [0.1, 0.15) is 11.3 Å². The smallest absolute Gasteiger partial charge is 0.493 e. The third kappa shape index (κ3) is 10.2. The fraction of sp³-hybridized carbons (Fsp3) is 0.545. The minimum Gasteiger partial charge on any atom is -0.493 e. The lowest BCUT2D eigenvalue weighted by Gasteiger charge is -2.28. The number of aryl methyl sites for hydroxylation is 1. The van der Waals surface area contributed by atoms with Crippen LogP contribution < -0.4 is 10.4 Å². The maximum atomic E-state index is 14.0. The Hall–Kier alpha value is -2.66. The molecule has 0 amide bonds. The summed E-state index contributed by atoms with van der Waals surface area (Å²) in [6.45, 7) is 10.1. The molecular weight excluding hydrogens is 577 g/mol. The van der Waals surface area contributed by atoms with Crippen molar-refractivity contribution in [1.82, 2.24) is 0 Å². The highest BCUT2D eigenvalue weighted by Gasteiger charge is 2.39. The summed E-state index contributed by atoms with van der Waals surface area (Å²) in [5.74, 6) is 0.534. The summed E-state index contributed by atoms with van der Waals surface area (Å²) in [6.07, 6.45) is 2.42. The van der Waals surface area contributed by atoms with Gasteiger partial charge in [0.15, 0.2) is 0 Å². The molecule has 238 valence electrons. The highest BCUT2D eigenvalue weighted by Crippen LogP contribution is 2.38. The Morgan fingerprint density at radius 3 is 2.12 bits per heavy atom. The highest BCUT2D eigenvalue weighted by molar-refractivity contribution is 6.60. The Bertz CT molecular complexity index is 1320. The van der Waals surface area contributed by atoms with Gasteiger partial charge in [-0.3, -0.25) is 0 Å². The number of hydrogen-bond acceptors (Lipinski definition) is 6. The zero-order valence-corrected chi connectivity index (χ0v) is 26.8. The van der Waals surface area contributed by atoms with Gasteiger partial charge < -0.3 is 22.4 Å². The van der Waals surface area contributed by atoms with Crippen LogP contribution in [-0.4, -0.2) is 35.2 Å². The Kier molecular flexibility index (Phi) is 13.8. The monoisotopic (exact) mass is 622 g/mol. The molecular formula is C33H45F3O6Si. The van der Waals surface area contributed by atoms with Crippen molar-refractivity contribution < 1.29 is 35.6 Å². The molecule has 0 atom stereocenters. The first-order chi connectivity index (χ1) is 20.7. The zero-order chi connectivity index (χ0) is 31.3. The van der Waals surface area contributed by atoms with E-state index in [1.807, 2.05) is 27.7 Å².